The van der Waals surface area contributed by atoms with E-state index in [0.29, 0.717) is 23.4 Å². The molecule has 0 aliphatic heterocycles. The minimum Gasteiger partial charge on any atom is -0.354 e. The van der Waals surface area contributed by atoms with Gasteiger partial charge in [-0.15, -0.1) is 0 Å². The predicted molar refractivity (Wildman–Crippen MR) is 129 cm³/mol. The minimum absolute atomic E-state index is 0.115. The SMILES string of the molecule is Cc1ccc(C)c(S(=O)(=O)Nc2ccc(C(=O)NCCNC(=O)Cc3ccccc3)cc2)c1. The van der Waals surface area contributed by atoms with E-state index in [-0.39, 0.29) is 29.7 Å². The lowest BCUT2D eigenvalue weighted by atomic mass is 10.1. The highest BCUT2D eigenvalue weighted by Crippen LogP contribution is 2.21. The number of hydrogen-bond acceptors (Lipinski definition) is 4. The van der Waals surface area contributed by atoms with Crippen LogP contribution in [0.25, 0.3) is 0 Å². The fraction of sp³-hybridized carbons (Fsp3) is 0.200. The molecule has 0 saturated carbocycles. The third kappa shape index (κ3) is 6.92. The zero-order chi connectivity index (χ0) is 23.8. The van der Waals surface area contributed by atoms with Crippen molar-refractivity contribution in [3.05, 3.63) is 95.1 Å². The van der Waals surface area contributed by atoms with Gasteiger partial charge in [0.05, 0.1) is 11.3 Å². The van der Waals surface area contributed by atoms with E-state index in [0.717, 1.165) is 11.1 Å². The molecule has 3 aromatic rings. The van der Waals surface area contributed by atoms with Crippen molar-refractivity contribution < 1.29 is 18.0 Å². The molecule has 0 fully saturated rings. The van der Waals surface area contributed by atoms with Crippen molar-refractivity contribution in [2.45, 2.75) is 25.2 Å². The van der Waals surface area contributed by atoms with Gasteiger partial charge in [0.2, 0.25) is 5.91 Å². The van der Waals surface area contributed by atoms with E-state index < -0.39 is 10.0 Å². The molecule has 0 saturated heterocycles. The van der Waals surface area contributed by atoms with Gasteiger partial charge in [-0.3, -0.25) is 14.3 Å². The maximum Gasteiger partial charge on any atom is 0.262 e. The van der Waals surface area contributed by atoms with Gasteiger partial charge < -0.3 is 10.6 Å². The summed E-state index contributed by atoms with van der Waals surface area (Å²) in [5.74, 6) is -0.424. The first-order valence-corrected chi connectivity index (χ1v) is 12.0. The molecular formula is C25H27N3O4S. The lowest BCUT2D eigenvalue weighted by Gasteiger charge is -2.12. The molecule has 0 bridgehead atoms. The highest BCUT2D eigenvalue weighted by molar-refractivity contribution is 7.92. The summed E-state index contributed by atoms with van der Waals surface area (Å²) in [6, 6.07) is 20.8. The van der Waals surface area contributed by atoms with E-state index in [1.54, 1.807) is 43.3 Å². The molecule has 3 N–H and O–H groups in total. The predicted octanol–water partition coefficient (Wildman–Crippen LogP) is 3.19. The summed E-state index contributed by atoms with van der Waals surface area (Å²) in [5, 5.41) is 5.50. The van der Waals surface area contributed by atoms with Gasteiger partial charge in [-0.25, -0.2) is 8.42 Å². The molecule has 0 atom stereocenters. The Labute approximate surface area is 194 Å². The summed E-state index contributed by atoms with van der Waals surface area (Å²) >= 11 is 0. The standard InChI is InChI=1S/C25H27N3O4S/c1-18-8-9-19(2)23(16-18)33(31,32)28-22-12-10-21(11-13-22)25(30)27-15-14-26-24(29)17-20-6-4-3-5-7-20/h3-13,16,28H,14-15,17H2,1-2H3,(H,26,29)(H,27,30). The Bertz CT molecular complexity index is 1220. The van der Waals surface area contributed by atoms with E-state index in [1.807, 2.05) is 43.3 Å². The monoisotopic (exact) mass is 465 g/mol. The molecular weight excluding hydrogens is 438 g/mol. The van der Waals surface area contributed by atoms with Crippen LogP contribution >= 0.6 is 0 Å². The maximum absolute atomic E-state index is 12.7. The van der Waals surface area contributed by atoms with E-state index in [4.69, 9.17) is 0 Å². The average Bonchev–Trinajstić information content (AvgIpc) is 2.79. The van der Waals surface area contributed by atoms with Crippen molar-refractivity contribution >= 4 is 27.5 Å². The topological polar surface area (TPSA) is 104 Å². The number of nitrogens with one attached hydrogen (secondary N) is 3. The fourth-order valence-corrected chi connectivity index (χ4v) is 4.61. The highest BCUT2D eigenvalue weighted by atomic mass is 32.2. The van der Waals surface area contributed by atoms with Crippen LogP contribution in [0.1, 0.15) is 27.0 Å². The second-order valence-corrected chi connectivity index (χ2v) is 9.37. The maximum atomic E-state index is 12.7. The Kier molecular flexibility index (Phi) is 7.84. The Morgan fingerprint density at radius 2 is 1.48 bits per heavy atom. The highest BCUT2D eigenvalue weighted by Gasteiger charge is 2.17. The van der Waals surface area contributed by atoms with Crippen LogP contribution in [0.5, 0.6) is 0 Å². The van der Waals surface area contributed by atoms with Crippen LogP contribution in [0.15, 0.2) is 77.7 Å². The molecule has 0 spiro atoms. The first kappa shape index (κ1) is 24.0. The lowest BCUT2D eigenvalue weighted by Crippen LogP contribution is -2.35. The summed E-state index contributed by atoms with van der Waals surface area (Å²) < 4.78 is 28.0. The first-order chi connectivity index (χ1) is 15.7. The zero-order valence-electron chi connectivity index (χ0n) is 18.6. The molecule has 0 radical (unpaired) electrons. The molecule has 0 aliphatic carbocycles. The largest absolute Gasteiger partial charge is 0.354 e. The third-order valence-electron chi connectivity index (χ3n) is 4.97. The van der Waals surface area contributed by atoms with E-state index >= 15 is 0 Å². The molecule has 2 amide bonds. The van der Waals surface area contributed by atoms with Crippen LogP contribution in [-0.2, 0) is 21.2 Å². The van der Waals surface area contributed by atoms with Crippen LogP contribution in [0.3, 0.4) is 0 Å². The summed E-state index contributed by atoms with van der Waals surface area (Å²) in [7, 11) is -3.74. The van der Waals surface area contributed by atoms with Gasteiger partial charge >= 0.3 is 0 Å². The van der Waals surface area contributed by atoms with Gasteiger partial charge in [0.15, 0.2) is 0 Å². The molecule has 3 aromatic carbocycles. The Hall–Kier alpha value is -3.65. The van der Waals surface area contributed by atoms with Crippen LogP contribution in [-0.4, -0.2) is 33.3 Å². The quantitative estimate of drug-likeness (QED) is 0.422. The second-order valence-electron chi connectivity index (χ2n) is 7.72. The number of sulfonamides is 1. The smallest absolute Gasteiger partial charge is 0.262 e. The molecule has 7 nitrogen and oxygen atoms in total. The number of carbonyl (C=O) groups excluding carboxylic acids is 2. The van der Waals surface area contributed by atoms with Gasteiger partial charge in [0.25, 0.3) is 15.9 Å². The Morgan fingerprint density at radius 1 is 0.818 bits per heavy atom. The van der Waals surface area contributed by atoms with E-state index in [1.165, 1.54) is 0 Å². The van der Waals surface area contributed by atoms with Gasteiger partial charge in [0, 0.05) is 24.3 Å². The number of anilines is 1. The summed E-state index contributed by atoms with van der Waals surface area (Å²) in [4.78, 5) is 24.5. The number of amides is 2. The van der Waals surface area contributed by atoms with Gasteiger partial charge in [-0.2, -0.15) is 0 Å². The molecule has 3 rings (SSSR count). The van der Waals surface area contributed by atoms with Gasteiger partial charge in [-0.05, 0) is 60.9 Å². The Morgan fingerprint density at radius 3 is 2.18 bits per heavy atom. The van der Waals surface area contributed by atoms with Crippen LogP contribution in [0.4, 0.5) is 5.69 Å². The van der Waals surface area contributed by atoms with Crippen molar-refractivity contribution in [2.24, 2.45) is 0 Å². The number of carbonyl (C=O) groups is 2. The third-order valence-corrected chi connectivity index (χ3v) is 6.50. The average molecular weight is 466 g/mol. The summed E-state index contributed by atoms with van der Waals surface area (Å²) in [5.41, 5.74) is 3.18. The van der Waals surface area contributed by atoms with E-state index in [2.05, 4.69) is 15.4 Å². The van der Waals surface area contributed by atoms with Gasteiger partial charge in [0.1, 0.15) is 0 Å². The van der Waals surface area contributed by atoms with Crippen molar-refractivity contribution in [3.8, 4) is 0 Å². The first-order valence-electron chi connectivity index (χ1n) is 10.5. The van der Waals surface area contributed by atoms with Crippen LogP contribution in [0, 0.1) is 13.8 Å². The van der Waals surface area contributed by atoms with E-state index in [9.17, 15) is 18.0 Å². The number of rotatable bonds is 9. The Balaban J connectivity index is 1.48. The molecule has 0 heterocycles. The summed E-state index contributed by atoms with van der Waals surface area (Å²) in [6.45, 7) is 4.16. The molecule has 33 heavy (non-hydrogen) atoms. The van der Waals surface area contributed by atoms with Crippen molar-refractivity contribution in [1.82, 2.24) is 10.6 Å². The zero-order valence-corrected chi connectivity index (χ0v) is 19.4. The molecule has 8 heteroatoms. The number of benzene rings is 3. The van der Waals surface area contributed by atoms with Crippen molar-refractivity contribution in [1.29, 1.82) is 0 Å². The normalized spacial score (nSPS) is 11.0. The second kappa shape index (κ2) is 10.8. The molecule has 0 unspecified atom stereocenters. The molecule has 0 aromatic heterocycles. The van der Waals surface area contributed by atoms with Crippen molar-refractivity contribution in [3.63, 3.8) is 0 Å². The lowest BCUT2D eigenvalue weighted by molar-refractivity contribution is -0.120. The van der Waals surface area contributed by atoms with Gasteiger partial charge in [-0.1, -0.05) is 42.5 Å². The van der Waals surface area contributed by atoms with Crippen LogP contribution in [0.2, 0.25) is 0 Å². The molecule has 0 aliphatic rings. The number of hydrogen-bond donors (Lipinski definition) is 3. The number of aryl methyl sites for hydroxylation is 2. The fourth-order valence-electron chi connectivity index (χ4n) is 3.22. The minimum atomic E-state index is -3.74. The van der Waals surface area contributed by atoms with Crippen LogP contribution < -0.4 is 15.4 Å². The summed E-state index contributed by atoms with van der Waals surface area (Å²) in [6.07, 6.45) is 0.286. The molecule has 172 valence electrons. The van der Waals surface area contributed by atoms with Crippen molar-refractivity contribution in [2.75, 3.05) is 17.8 Å².